The molecule has 0 aliphatic heterocycles. The summed E-state index contributed by atoms with van der Waals surface area (Å²) in [5, 5.41) is 0. The number of allylic oxidation sites excluding steroid dienone is 3. The summed E-state index contributed by atoms with van der Waals surface area (Å²) in [5.41, 5.74) is 1.62. The van der Waals surface area contributed by atoms with Crippen LogP contribution in [0.15, 0.2) is 58.4 Å². The number of thioether (sulfide) groups is 1. The second-order valence-corrected chi connectivity index (χ2v) is 6.40. The Bertz CT molecular complexity index is 412. The second kappa shape index (κ2) is 4.50. The molecule has 0 saturated heterocycles. The predicted molar refractivity (Wildman–Crippen MR) is 72.5 cm³/mol. The van der Waals surface area contributed by atoms with Crippen molar-refractivity contribution in [2.24, 2.45) is 5.41 Å². The third-order valence-electron chi connectivity index (χ3n) is 2.72. The normalized spacial score (nSPS) is 19.4. The fourth-order valence-corrected chi connectivity index (χ4v) is 3.47. The van der Waals surface area contributed by atoms with Crippen LogP contribution in [0, 0.1) is 5.41 Å². The van der Waals surface area contributed by atoms with Gasteiger partial charge in [0.05, 0.1) is 0 Å². The van der Waals surface area contributed by atoms with Crippen LogP contribution in [-0.2, 0) is 0 Å². The standard InChI is InChI=1S/C15H18S/c1-12-9-14(11-15(2,3)10-12)16-13-7-5-4-6-8-13/h4-9H,1,10-11H2,2-3H3. The molecule has 16 heavy (non-hydrogen) atoms. The first-order valence-corrected chi connectivity index (χ1v) is 6.48. The maximum Gasteiger partial charge on any atom is 0.0119 e. The van der Waals surface area contributed by atoms with Crippen LogP contribution in [0.3, 0.4) is 0 Å². The molecule has 0 fully saturated rings. The topological polar surface area (TPSA) is 0 Å². The Kier molecular flexibility index (Phi) is 3.25. The van der Waals surface area contributed by atoms with Crippen molar-refractivity contribution in [2.45, 2.75) is 31.6 Å². The van der Waals surface area contributed by atoms with E-state index in [-0.39, 0.29) is 0 Å². The molecule has 0 N–H and O–H groups in total. The summed E-state index contributed by atoms with van der Waals surface area (Å²) in [6, 6.07) is 10.6. The molecule has 0 bridgehead atoms. The summed E-state index contributed by atoms with van der Waals surface area (Å²) in [5.74, 6) is 0. The molecule has 84 valence electrons. The average molecular weight is 230 g/mol. The van der Waals surface area contributed by atoms with Gasteiger partial charge in [0, 0.05) is 4.90 Å². The highest BCUT2D eigenvalue weighted by atomic mass is 32.2. The summed E-state index contributed by atoms with van der Waals surface area (Å²) < 4.78 is 0. The lowest BCUT2D eigenvalue weighted by atomic mass is 9.79. The quantitative estimate of drug-likeness (QED) is 0.686. The lowest BCUT2D eigenvalue weighted by Gasteiger charge is -2.30. The summed E-state index contributed by atoms with van der Waals surface area (Å²) in [6.45, 7) is 8.74. The fraction of sp³-hybridized carbons (Fsp3) is 0.333. The van der Waals surface area contributed by atoms with E-state index in [4.69, 9.17) is 0 Å². The van der Waals surface area contributed by atoms with Crippen molar-refractivity contribution in [3.63, 3.8) is 0 Å². The molecule has 1 aliphatic carbocycles. The summed E-state index contributed by atoms with van der Waals surface area (Å²) in [7, 11) is 0. The summed E-state index contributed by atoms with van der Waals surface area (Å²) >= 11 is 1.87. The largest absolute Gasteiger partial charge is 0.0958 e. The summed E-state index contributed by atoms with van der Waals surface area (Å²) in [4.78, 5) is 2.76. The van der Waals surface area contributed by atoms with Crippen molar-refractivity contribution >= 4 is 11.8 Å². The maximum atomic E-state index is 4.11. The Morgan fingerprint density at radius 2 is 1.81 bits per heavy atom. The van der Waals surface area contributed by atoms with Gasteiger partial charge in [0.1, 0.15) is 0 Å². The third kappa shape index (κ3) is 3.02. The maximum absolute atomic E-state index is 4.11. The van der Waals surface area contributed by atoms with Crippen LogP contribution in [-0.4, -0.2) is 0 Å². The van der Waals surface area contributed by atoms with Gasteiger partial charge in [-0.2, -0.15) is 0 Å². The Labute approximate surface area is 102 Å². The second-order valence-electron chi connectivity index (χ2n) is 5.20. The predicted octanol–water partition coefficient (Wildman–Crippen LogP) is 5.04. The number of benzene rings is 1. The minimum atomic E-state index is 0.364. The smallest absolute Gasteiger partial charge is 0.0119 e. The highest BCUT2D eigenvalue weighted by Gasteiger charge is 2.24. The molecule has 0 radical (unpaired) electrons. The van der Waals surface area contributed by atoms with E-state index in [1.165, 1.54) is 15.4 Å². The Hall–Kier alpha value is -0.950. The molecule has 0 heterocycles. The molecule has 0 nitrogen and oxygen atoms in total. The first kappa shape index (κ1) is 11.5. The Morgan fingerprint density at radius 1 is 1.12 bits per heavy atom. The lowest BCUT2D eigenvalue weighted by Crippen LogP contribution is -2.15. The minimum absolute atomic E-state index is 0.364. The van der Waals surface area contributed by atoms with Crippen LogP contribution < -0.4 is 0 Å². The van der Waals surface area contributed by atoms with Crippen molar-refractivity contribution < 1.29 is 0 Å². The van der Waals surface area contributed by atoms with E-state index in [1.54, 1.807) is 0 Å². The molecule has 2 rings (SSSR count). The van der Waals surface area contributed by atoms with Gasteiger partial charge in [-0.3, -0.25) is 0 Å². The molecule has 1 aliphatic rings. The van der Waals surface area contributed by atoms with Crippen molar-refractivity contribution in [3.8, 4) is 0 Å². The van der Waals surface area contributed by atoms with Crippen molar-refractivity contribution in [3.05, 3.63) is 53.5 Å². The minimum Gasteiger partial charge on any atom is -0.0958 e. The molecule has 0 atom stereocenters. The fourth-order valence-electron chi connectivity index (χ4n) is 2.18. The lowest BCUT2D eigenvalue weighted by molar-refractivity contribution is 0.360. The van der Waals surface area contributed by atoms with Gasteiger partial charge in [0.2, 0.25) is 0 Å². The molecular formula is C15H18S. The van der Waals surface area contributed by atoms with E-state index in [9.17, 15) is 0 Å². The number of hydrogen-bond donors (Lipinski definition) is 0. The summed E-state index contributed by atoms with van der Waals surface area (Å²) in [6.07, 6.45) is 4.53. The van der Waals surface area contributed by atoms with Gasteiger partial charge < -0.3 is 0 Å². The molecule has 0 saturated carbocycles. The Balaban J connectivity index is 2.14. The molecule has 1 aromatic carbocycles. The monoisotopic (exact) mass is 230 g/mol. The zero-order chi connectivity index (χ0) is 11.6. The van der Waals surface area contributed by atoms with E-state index in [0.29, 0.717) is 5.41 Å². The third-order valence-corrected chi connectivity index (χ3v) is 3.75. The van der Waals surface area contributed by atoms with Crippen LogP contribution in [0.25, 0.3) is 0 Å². The van der Waals surface area contributed by atoms with Crippen LogP contribution in [0.5, 0.6) is 0 Å². The molecule has 0 unspecified atom stereocenters. The molecular weight excluding hydrogens is 212 g/mol. The van der Waals surface area contributed by atoms with Crippen molar-refractivity contribution in [1.29, 1.82) is 0 Å². The van der Waals surface area contributed by atoms with Gasteiger partial charge in [0.15, 0.2) is 0 Å². The van der Waals surface area contributed by atoms with E-state index >= 15 is 0 Å². The van der Waals surface area contributed by atoms with Gasteiger partial charge in [-0.25, -0.2) is 0 Å². The van der Waals surface area contributed by atoms with Crippen molar-refractivity contribution in [1.82, 2.24) is 0 Å². The van der Waals surface area contributed by atoms with Gasteiger partial charge in [0.25, 0.3) is 0 Å². The molecule has 1 aromatic rings. The van der Waals surface area contributed by atoms with Gasteiger partial charge in [-0.15, -0.1) is 0 Å². The van der Waals surface area contributed by atoms with Crippen molar-refractivity contribution in [2.75, 3.05) is 0 Å². The Morgan fingerprint density at radius 3 is 2.44 bits per heavy atom. The SMILES string of the molecule is C=C1C=C(Sc2ccccc2)CC(C)(C)C1. The first-order chi connectivity index (χ1) is 7.55. The highest BCUT2D eigenvalue weighted by Crippen LogP contribution is 2.43. The zero-order valence-corrected chi connectivity index (χ0v) is 10.8. The van der Waals surface area contributed by atoms with E-state index in [2.05, 4.69) is 56.8 Å². The van der Waals surface area contributed by atoms with Gasteiger partial charge in [-0.1, -0.05) is 56.0 Å². The first-order valence-electron chi connectivity index (χ1n) is 5.66. The molecule has 0 aromatic heterocycles. The number of hydrogen-bond acceptors (Lipinski definition) is 1. The van der Waals surface area contributed by atoms with Crippen LogP contribution in [0.1, 0.15) is 26.7 Å². The molecule has 0 amide bonds. The highest BCUT2D eigenvalue weighted by molar-refractivity contribution is 8.03. The van der Waals surface area contributed by atoms with E-state index in [1.807, 2.05) is 11.8 Å². The van der Waals surface area contributed by atoms with Crippen LogP contribution >= 0.6 is 11.8 Å². The number of rotatable bonds is 2. The zero-order valence-electron chi connectivity index (χ0n) is 9.99. The van der Waals surface area contributed by atoms with E-state index < -0.39 is 0 Å². The average Bonchev–Trinajstić information content (AvgIpc) is 2.15. The van der Waals surface area contributed by atoms with Gasteiger partial charge in [-0.05, 0) is 41.4 Å². The van der Waals surface area contributed by atoms with Crippen LogP contribution in [0.2, 0.25) is 0 Å². The molecule has 0 spiro atoms. The molecule has 1 heteroatoms. The van der Waals surface area contributed by atoms with E-state index in [0.717, 1.165) is 12.8 Å². The van der Waals surface area contributed by atoms with Crippen LogP contribution in [0.4, 0.5) is 0 Å². The van der Waals surface area contributed by atoms with Gasteiger partial charge >= 0.3 is 0 Å².